The van der Waals surface area contributed by atoms with Crippen LogP contribution in [-0.4, -0.2) is 10.9 Å². The molecule has 1 aliphatic heterocycles. The first kappa shape index (κ1) is 13.0. The van der Waals surface area contributed by atoms with Gasteiger partial charge in [0.2, 0.25) is 0 Å². The summed E-state index contributed by atoms with van der Waals surface area (Å²) in [4.78, 5) is 2.40. The van der Waals surface area contributed by atoms with Gasteiger partial charge in [-0.1, -0.05) is 24.3 Å². The van der Waals surface area contributed by atoms with Crippen LogP contribution in [0.2, 0.25) is 0 Å². The van der Waals surface area contributed by atoms with Crippen LogP contribution < -0.4 is 4.90 Å². The minimum Gasteiger partial charge on any atom is -0.367 e. The fraction of sp³-hybridized carbons (Fsp3) is 0.211. The SMILES string of the molecule is N#Cc1c(CN2CCCc3ccccc32)cn2ccccc12. The van der Waals surface area contributed by atoms with Gasteiger partial charge >= 0.3 is 0 Å². The summed E-state index contributed by atoms with van der Waals surface area (Å²) >= 11 is 0. The summed E-state index contributed by atoms with van der Waals surface area (Å²) in [6.45, 7) is 1.84. The second-order valence-electron chi connectivity index (χ2n) is 5.79. The van der Waals surface area contributed by atoms with Gasteiger partial charge in [-0.3, -0.25) is 0 Å². The standard InChI is InChI=1S/C19H17N3/c20-12-17-16(14-22-10-4-3-9-19(17)22)13-21-11-5-7-15-6-1-2-8-18(15)21/h1-4,6,8-10,14H,5,7,11,13H2. The van der Waals surface area contributed by atoms with E-state index in [2.05, 4.69) is 41.4 Å². The highest BCUT2D eigenvalue weighted by Gasteiger charge is 2.19. The van der Waals surface area contributed by atoms with Crippen molar-refractivity contribution >= 4 is 11.2 Å². The molecule has 3 nitrogen and oxygen atoms in total. The van der Waals surface area contributed by atoms with Crippen molar-refractivity contribution in [2.75, 3.05) is 11.4 Å². The summed E-state index contributed by atoms with van der Waals surface area (Å²) in [5.41, 5.74) is 5.61. The van der Waals surface area contributed by atoms with Crippen LogP contribution in [0.1, 0.15) is 23.1 Å². The maximum atomic E-state index is 9.55. The Bertz CT molecular complexity index is 870. The molecule has 0 amide bonds. The Morgan fingerprint density at radius 3 is 2.86 bits per heavy atom. The Hall–Kier alpha value is -2.73. The van der Waals surface area contributed by atoms with Crippen LogP contribution >= 0.6 is 0 Å². The van der Waals surface area contributed by atoms with Gasteiger partial charge in [0.05, 0.1) is 11.1 Å². The topological polar surface area (TPSA) is 31.4 Å². The third-order valence-corrected chi connectivity index (χ3v) is 4.44. The molecule has 4 rings (SSSR count). The molecular weight excluding hydrogens is 270 g/mol. The highest BCUT2D eigenvalue weighted by Crippen LogP contribution is 2.29. The molecule has 1 aromatic carbocycles. The Morgan fingerprint density at radius 2 is 1.95 bits per heavy atom. The fourth-order valence-corrected chi connectivity index (χ4v) is 3.41. The van der Waals surface area contributed by atoms with Crippen molar-refractivity contribution in [3.8, 4) is 6.07 Å². The maximum Gasteiger partial charge on any atom is 0.102 e. The second-order valence-corrected chi connectivity index (χ2v) is 5.79. The predicted molar refractivity (Wildman–Crippen MR) is 87.9 cm³/mol. The van der Waals surface area contributed by atoms with Gasteiger partial charge in [0.25, 0.3) is 0 Å². The highest BCUT2D eigenvalue weighted by molar-refractivity contribution is 5.66. The van der Waals surface area contributed by atoms with Crippen LogP contribution in [0.4, 0.5) is 5.69 Å². The molecule has 108 valence electrons. The summed E-state index contributed by atoms with van der Waals surface area (Å²) < 4.78 is 2.05. The molecule has 0 atom stereocenters. The number of anilines is 1. The van der Waals surface area contributed by atoms with Gasteiger partial charge < -0.3 is 9.30 Å². The molecule has 0 N–H and O–H groups in total. The zero-order valence-corrected chi connectivity index (χ0v) is 12.4. The normalized spacial score (nSPS) is 13.9. The van der Waals surface area contributed by atoms with E-state index in [0.29, 0.717) is 0 Å². The minimum absolute atomic E-state index is 0.793. The minimum atomic E-state index is 0.793. The van der Waals surface area contributed by atoms with E-state index in [0.717, 1.165) is 36.2 Å². The van der Waals surface area contributed by atoms with Crippen LogP contribution in [0.5, 0.6) is 0 Å². The Morgan fingerprint density at radius 1 is 1.09 bits per heavy atom. The van der Waals surface area contributed by atoms with E-state index in [1.165, 1.54) is 17.7 Å². The molecule has 22 heavy (non-hydrogen) atoms. The van der Waals surface area contributed by atoms with Crippen molar-refractivity contribution in [2.24, 2.45) is 0 Å². The number of aryl methyl sites for hydroxylation is 1. The van der Waals surface area contributed by atoms with Crippen LogP contribution in [0.25, 0.3) is 5.52 Å². The molecule has 0 saturated heterocycles. The Balaban J connectivity index is 1.75. The van der Waals surface area contributed by atoms with Crippen molar-refractivity contribution in [2.45, 2.75) is 19.4 Å². The van der Waals surface area contributed by atoms with E-state index in [1.54, 1.807) is 0 Å². The van der Waals surface area contributed by atoms with Crippen molar-refractivity contribution < 1.29 is 0 Å². The fourth-order valence-electron chi connectivity index (χ4n) is 3.41. The molecule has 0 aliphatic carbocycles. The molecule has 0 bridgehead atoms. The van der Waals surface area contributed by atoms with E-state index in [1.807, 2.05) is 28.8 Å². The number of aromatic nitrogens is 1. The number of hydrogen-bond acceptors (Lipinski definition) is 2. The second kappa shape index (κ2) is 5.23. The zero-order valence-electron chi connectivity index (χ0n) is 12.4. The highest BCUT2D eigenvalue weighted by atomic mass is 15.1. The lowest BCUT2D eigenvalue weighted by Gasteiger charge is -2.31. The van der Waals surface area contributed by atoms with Crippen LogP contribution in [-0.2, 0) is 13.0 Å². The molecule has 0 radical (unpaired) electrons. The Kier molecular flexibility index (Phi) is 3.08. The zero-order chi connectivity index (χ0) is 14.9. The van der Waals surface area contributed by atoms with Crippen LogP contribution in [0.3, 0.4) is 0 Å². The van der Waals surface area contributed by atoms with Crippen LogP contribution in [0.15, 0.2) is 54.9 Å². The van der Waals surface area contributed by atoms with Crippen LogP contribution in [0, 0.1) is 11.3 Å². The first-order valence-electron chi connectivity index (χ1n) is 7.68. The van der Waals surface area contributed by atoms with E-state index < -0.39 is 0 Å². The first-order chi connectivity index (χ1) is 10.9. The molecule has 0 unspecified atom stereocenters. The summed E-state index contributed by atoms with van der Waals surface area (Å²) in [6.07, 6.45) is 6.41. The van der Waals surface area contributed by atoms with Gasteiger partial charge in [-0.2, -0.15) is 5.26 Å². The van der Waals surface area contributed by atoms with Gasteiger partial charge in [0.15, 0.2) is 0 Å². The smallest absolute Gasteiger partial charge is 0.102 e. The van der Waals surface area contributed by atoms with E-state index >= 15 is 0 Å². The summed E-state index contributed by atoms with van der Waals surface area (Å²) in [5, 5.41) is 9.55. The lowest BCUT2D eigenvalue weighted by molar-refractivity contribution is 0.691. The molecule has 3 heteroatoms. The summed E-state index contributed by atoms with van der Waals surface area (Å²) in [7, 11) is 0. The first-order valence-corrected chi connectivity index (χ1v) is 7.68. The predicted octanol–water partition coefficient (Wildman–Crippen LogP) is 3.76. The lowest BCUT2D eigenvalue weighted by atomic mass is 10.0. The average Bonchev–Trinajstić information content (AvgIpc) is 2.92. The van der Waals surface area contributed by atoms with Gasteiger partial charge in [0.1, 0.15) is 6.07 Å². The van der Waals surface area contributed by atoms with Gasteiger partial charge in [-0.25, -0.2) is 0 Å². The summed E-state index contributed by atoms with van der Waals surface area (Å²) in [6, 6.07) is 17.0. The number of nitriles is 1. The van der Waals surface area contributed by atoms with Crippen molar-refractivity contribution in [1.82, 2.24) is 4.40 Å². The number of fused-ring (bicyclic) bond motifs is 2. The molecular formula is C19H17N3. The van der Waals surface area contributed by atoms with Gasteiger partial charge in [-0.05, 0) is 36.6 Å². The van der Waals surface area contributed by atoms with Gasteiger partial charge in [-0.15, -0.1) is 0 Å². The molecule has 0 saturated carbocycles. The molecule has 1 aliphatic rings. The quantitative estimate of drug-likeness (QED) is 0.718. The number of para-hydroxylation sites is 1. The summed E-state index contributed by atoms with van der Waals surface area (Å²) in [5.74, 6) is 0. The number of pyridine rings is 1. The van der Waals surface area contributed by atoms with Crippen molar-refractivity contribution in [3.63, 3.8) is 0 Å². The van der Waals surface area contributed by atoms with Crippen molar-refractivity contribution in [3.05, 3.63) is 71.5 Å². The number of benzene rings is 1. The molecule has 2 aromatic heterocycles. The largest absolute Gasteiger partial charge is 0.367 e. The maximum absolute atomic E-state index is 9.55. The number of rotatable bonds is 2. The molecule has 0 fully saturated rings. The molecule has 3 aromatic rings. The molecule has 3 heterocycles. The van der Waals surface area contributed by atoms with Crippen molar-refractivity contribution in [1.29, 1.82) is 5.26 Å². The molecule has 0 spiro atoms. The number of nitrogens with zero attached hydrogens (tertiary/aromatic N) is 3. The number of hydrogen-bond donors (Lipinski definition) is 0. The van der Waals surface area contributed by atoms with E-state index in [-0.39, 0.29) is 0 Å². The monoisotopic (exact) mass is 287 g/mol. The lowest BCUT2D eigenvalue weighted by Crippen LogP contribution is -2.28. The van der Waals surface area contributed by atoms with E-state index in [4.69, 9.17) is 0 Å². The third-order valence-electron chi connectivity index (χ3n) is 4.44. The Labute approximate surface area is 130 Å². The van der Waals surface area contributed by atoms with E-state index in [9.17, 15) is 5.26 Å². The average molecular weight is 287 g/mol. The van der Waals surface area contributed by atoms with Gasteiger partial charge in [0, 0.05) is 36.7 Å². The third kappa shape index (κ3) is 2.05.